The summed E-state index contributed by atoms with van der Waals surface area (Å²) >= 11 is 5.86. The second kappa shape index (κ2) is 12.7. The Morgan fingerprint density at radius 1 is 1.12 bits per heavy atom. The van der Waals surface area contributed by atoms with Crippen LogP contribution in [0.25, 0.3) is 0 Å². The number of nitrogens with one attached hydrogen (secondary N) is 2. The molecule has 0 aromatic heterocycles. The molecule has 2 N–H and O–H groups in total. The van der Waals surface area contributed by atoms with Gasteiger partial charge in [0, 0.05) is 31.2 Å². The van der Waals surface area contributed by atoms with Crippen molar-refractivity contribution in [2.75, 3.05) is 31.9 Å². The van der Waals surface area contributed by atoms with Crippen LogP contribution < -0.4 is 10.6 Å². The third-order valence-electron chi connectivity index (χ3n) is 3.43. The number of rotatable bonds is 9. The monoisotopic (exact) mass is 502 g/mol. The normalized spacial score (nSPS) is 12.0. The predicted molar refractivity (Wildman–Crippen MR) is 116 cm³/mol. The molecule has 25 heavy (non-hydrogen) atoms. The number of benzene rings is 1. The Balaban J connectivity index is 0.00000576. The van der Waals surface area contributed by atoms with Gasteiger partial charge in [-0.3, -0.25) is 0 Å². The van der Waals surface area contributed by atoms with E-state index >= 15 is 0 Å². The molecule has 9 heteroatoms. The number of hydrogen-bond donors (Lipinski definition) is 2. The zero-order valence-electron chi connectivity index (χ0n) is 15.0. The molecule has 0 aliphatic heterocycles. The van der Waals surface area contributed by atoms with Gasteiger partial charge < -0.3 is 10.6 Å². The fourth-order valence-electron chi connectivity index (χ4n) is 2.15. The first-order chi connectivity index (χ1) is 11.4. The second-order valence-electron chi connectivity index (χ2n) is 5.15. The van der Waals surface area contributed by atoms with Gasteiger partial charge in [0.25, 0.3) is 0 Å². The summed E-state index contributed by atoms with van der Waals surface area (Å²) in [4.78, 5) is 4.46. The molecule has 0 unspecified atom stereocenters. The van der Waals surface area contributed by atoms with Crippen LogP contribution in [0.2, 0.25) is 5.02 Å². The fraction of sp³-hybridized carbons (Fsp3) is 0.562. The highest BCUT2D eigenvalue weighted by Gasteiger charge is 2.18. The fourth-order valence-corrected chi connectivity index (χ4v) is 3.68. The van der Waals surface area contributed by atoms with Crippen LogP contribution in [-0.4, -0.2) is 50.6 Å². The highest BCUT2D eigenvalue weighted by Crippen LogP contribution is 2.10. The predicted octanol–water partition coefficient (Wildman–Crippen LogP) is 2.68. The Labute approximate surface area is 173 Å². The lowest BCUT2D eigenvalue weighted by Crippen LogP contribution is -2.42. The van der Waals surface area contributed by atoms with E-state index in [4.69, 9.17) is 11.6 Å². The van der Waals surface area contributed by atoms with E-state index in [1.54, 1.807) is 0 Å². The van der Waals surface area contributed by atoms with Crippen molar-refractivity contribution >= 4 is 51.6 Å². The molecule has 0 fully saturated rings. The standard InChI is InChI=1S/C16H27ClN4O2S.HI/c1-4-18-16(20-13-14-7-9-15(17)10-8-14)19-11-12-24(22,23)21(5-2)6-3;/h7-10H,4-6,11-13H2,1-3H3,(H2,18,19,20);1H. The van der Waals surface area contributed by atoms with E-state index in [9.17, 15) is 8.42 Å². The molecule has 0 aliphatic carbocycles. The Bertz CT molecular complexity index is 620. The molecular formula is C16H28ClIN4O2S. The number of hydrogen-bond acceptors (Lipinski definition) is 3. The number of guanidine groups is 1. The van der Waals surface area contributed by atoms with Crippen molar-refractivity contribution in [2.45, 2.75) is 27.3 Å². The molecular weight excluding hydrogens is 475 g/mol. The van der Waals surface area contributed by atoms with Gasteiger partial charge in [0.05, 0.1) is 12.3 Å². The van der Waals surface area contributed by atoms with Gasteiger partial charge in [-0.05, 0) is 24.6 Å². The lowest BCUT2D eigenvalue weighted by Gasteiger charge is -2.19. The number of aliphatic imine (C=N–C) groups is 1. The maximum absolute atomic E-state index is 12.2. The first kappa shape index (κ1) is 24.4. The molecule has 1 aromatic carbocycles. The van der Waals surface area contributed by atoms with Crippen molar-refractivity contribution in [3.8, 4) is 0 Å². The Morgan fingerprint density at radius 3 is 2.24 bits per heavy atom. The molecule has 0 saturated heterocycles. The Hall–Kier alpha value is -0.580. The molecule has 6 nitrogen and oxygen atoms in total. The molecule has 0 radical (unpaired) electrons. The first-order valence-corrected chi connectivity index (χ1v) is 10.2. The van der Waals surface area contributed by atoms with E-state index in [0.29, 0.717) is 43.7 Å². The van der Waals surface area contributed by atoms with Crippen LogP contribution in [0, 0.1) is 0 Å². The largest absolute Gasteiger partial charge is 0.357 e. The van der Waals surface area contributed by atoms with Gasteiger partial charge in [-0.25, -0.2) is 17.7 Å². The smallest absolute Gasteiger partial charge is 0.215 e. The Morgan fingerprint density at radius 2 is 1.72 bits per heavy atom. The van der Waals surface area contributed by atoms with Crippen molar-refractivity contribution in [2.24, 2.45) is 4.99 Å². The number of halogens is 2. The minimum Gasteiger partial charge on any atom is -0.357 e. The minimum atomic E-state index is -3.23. The third-order valence-corrected chi connectivity index (χ3v) is 5.70. The highest BCUT2D eigenvalue weighted by molar-refractivity contribution is 14.0. The maximum atomic E-state index is 12.2. The maximum Gasteiger partial charge on any atom is 0.215 e. The number of sulfonamides is 1. The summed E-state index contributed by atoms with van der Waals surface area (Å²) in [5, 5.41) is 6.87. The molecule has 1 aromatic rings. The van der Waals surface area contributed by atoms with E-state index < -0.39 is 10.0 Å². The van der Waals surface area contributed by atoms with Crippen LogP contribution in [0.15, 0.2) is 29.3 Å². The zero-order chi connectivity index (χ0) is 18.0. The van der Waals surface area contributed by atoms with Gasteiger partial charge in [0.2, 0.25) is 10.0 Å². The average Bonchev–Trinajstić information content (AvgIpc) is 2.54. The summed E-state index contributed by atoms with van der Waals surface area (Å²) in [6, 6.07) is 7.48. The molecule has 0 saturated carbocycles. The van der Waals surface area contributed by atoms with Gasteiger partial charge in [-0.15, -0.1) is 24.0 Å². The third kappa shape index (κ3) is 9.07. The summed E-state index contributed by atoms with van der Waals surface area (Å²) in [7, 11) is -3.23. The minimum absolute atomic E-state index is 0. The van der Waals surface area contributed by atoms with E-state index in [1.807, 2.05) is 45.0 Å². The molecule has 0 bridgehead atoms. The van der Waals surface area contributed by atoms with Gasteiger partial charge >= 0.3 is 0 Å². The zero-order valence-corrected chi connectivity index (χ0v) is 18.9. The van der Waals surface area contributed by atoms with E-state index in [2.05, 4.69) is 15.6 Å². The van der Waals surface area contributed by atoms with Crippen LogP contribution in [-0.2, 0) is 16.6 Å². The van der Waals surface area contributed by atoms with E-state index in [0.717, 1.165) is 5.56 Å². The molecule has 0 heterocycles. The summed E-state index contributed by atoms with van der Waals surface area (Å²) < 4.78 is 25.8. The van der Waals surface area contributed by atoms with Crippen LogP contribution in [0.3, 0.4) is 0 Å². The second-order valence-corrected chi connectivity index (χ2v) is 7.67. The average molecular weight is 503 g/mol. The van der Waals surface area contributed by atoms with E-state index in [-0.39, 0.29) is 29.7 Å². The summed E-state index contributed by atoms with van der Waals surface area (Å²) in [6.07, 6.45) is 0. The first-order valence-electron chi connectivity index (χ1n) is 8.17. The molecule has 0 spiro atoms. The molecule has 1 rings (SSSR count). The van der Waals surface area contributed by atoms with Gasteiger partial charge in [0.1, 0.15) is 0 Å². The van der Waals surface area contributed by atoms with Crippen molar-refractivity contribution in [1.29, 1.82) is 0 Å². The molecule has 0 aliphatic rings. The SMILES string of the molecule is CCNC(=NCc1ccc(Cl)cc1)NCCS(=O)(=O)N(CC)CC.I. The topological polar surface area (TPSA) is 73.8 Å². The quantitative estimate of drug-likeness (QED) is 0.309. The van der Waals surface area contributed by atoms with Gasteiger partial charge in [0.15, 0.2) is 5.96 Å². The van der Waals surface area contributed by atoms with Crippen LogP contribution in [0.4, 0.5) is 0 Å². The summed E-state index contributed by atoms with van der Waals surface area (Å²) in [5.41, 5.74) is 1.03. The lowest BCUT2D eigenvalue weighted by molar-refractivity contribution is 0.445. The van der Waals surface area contributed by atoms with Crippen molar-refractivity contribution in [3.05, 3.63) is 34.9 Å². The highest BCUT2D eigenvalue weighted by atomic mass is 127. The van der Waals surface area contributed by atoms with Crippen molar-refractivity contribution in [1.82, 2.24) is 14.9 Å². The molecule has 0 atom stereocenters. The van der Waals surface area contributed by atoms with Crippen LogP contribution >= 0.6 is 35.6 Å². The van der Waals surface area contributed by atoms with Crippen molar-refractivity contribution < 1.29 is 8.42 Å². The number of nitrogens with zero attached hydrogens (tertiary/aromatic N) is 2. The van der Waals surface area contributed by atoms with Gasteiger partial charge in [-0.1, -0.05) is 37.6 Å². The Kier molecular flexibility index (Phi) is 12.4. The van der Waals surface area contributed by atoms with Crippen LogP contribution in [0.1, 0.15) is 26.3 Å². The van der Waals surface area contributed by atoms with Gasteiger partial charge in [-0.2, -0.15) is 0 Å². The molecule has 0 amide bonds. The van der Waals surface area contributed by atoms with E-state index in [1.165, 1.54) is 4.31 Å². The summed E-state index contributed by atoms with van der Waals surface area (Å²) in [6.45, 7) is 8.13. The van der Waals surface area contributed by atoms with Crippen LogP contribution in [0.5, 0.6) is 0 Å². The lowest BCUT2D eigenvalue weighted by atomic mass is 10.2. The summed E-state index contributed by atoms with van der Waals surface area (Å²) in [5.74, 6) is 0.641. The van der Waals surface area contributed by atoms with Crippen molar-refractivity contribution in [3.63, 3.8) is 0 Å². The molecule has 144 valence electrons.